The first-order valence-corrected chi connectivity index (χ1v) is 16.6. The highest BCUT2D eigenvalue weighted by molar-refractivity contribution is 6.31. The third-order valence-electron chi connectivity index (χ3n) is 7.85. The standard InChI is InChI=1S/C22H22ClN3O2.C18H12ClNO3/c1-26(2)13-12-24-21(27)19-14-16(23)10-11-20(19)25-22(28)18-9-5-7-15-6-3-4-8-17(15)18;19-12-8-9-16(15(10-12)18(22)23)20-17(21)14-7-3-5-11-4-1-2-6-13(11)14/h3-11,14H,12-13H2,1-2H3,(H,24,27)(H,25,28);1-10H,(H,20,21)(H,22,23). The zero-order chi connectivity index (χ0) is 36.5. The van der Waals surface area contributed by atoms with Crippen LogP contribution in [0.25, 0.3) is 21.5 Å². The Kier molecular flexibility index (Phi) is 12.0. The fourth-order valence-electron chi connectivity index (χ4n) is 5.33. The fraction of sp³-hybridized carbons (Fsp3) is 0.100. The van der Waals surface area contributed by atoms with Crippen molar-refractivity contribution in [1.29, 1.82) is 0 Å². The van der Waals surface area contributed by atoms with Crippen LogP contribution in [-0.2, 0) is 0 Å². The Labute approximate surface area is 304 Å². The SMILES string of the molecule is CN(C)CCNC(=O)c1cc(Cl)ccc1NC(=O)c1cccc2ccccc12.O=C(O)c1cc(Cl)ccc1NC(=O)c1cccc2ccccc12. The molecule has 6 aromatic carbocycles. The van der Waals surface area contributed by atoms with Crippen molar-refractivity contribution in [3.8, 4) is 0 Å². The number of likely N-dealkylation sites (N-methyl/N-ethyl adjacent to an activating group) is 1. The molecule has 0 aliphatic rings. The molecule has 0 aliphatic heterocycles. The van der Waals surface area contributed by atoms with Crippen LogP contribution in [0.5, 0.6) is 0 Å². The van der Waals surface area contributed by atoms with Gasteiger partial charge in [0.1, 0.15) is 0 Å². The van der Waals surface area contributed by atoms with Crippen LogP contribution in [0.4, 0.5) is 11.4 Å². The Morgan fingerprint density at radius 3 is 1.51 bits per heavy atom. The number of carboxylic acid groups (broad SMARTS) is 1. The molecule has 0 heterocycles. The van der Waals surface area contributed by atoms with Crippen LogP contribution in [0.1, 0.15) is 41.4 Å². The first-order valence-electron chi connectivity index (χ1n) is 15.9. The molecule has 0 saturated heterocycles. The second-order valence-corrected chi connectivity index (χ2v) is 12.6. The van der Waals surface area contributed by atoms with Gasteiger partial charge < -0.3 is 26.0 Å². The molecule has 0 radical (unpaired) electrons. The molecule has 9 nitrogen and oxygen atoms in total. The van der Waals surface area contributed by atoms with E-state index in [4.69, 9.17) is 23.2 Å². The van der Waals surface area contributed by atoms with Crippen LogP contribution in [0.3, 0.4) is 0 Å². The van der Waals surface area contributed by atoms with Gasteiger partial charge >= 0.3 is 5.97 Å². The number of hydrogen-bond donors (Lipinski definition) is 4. The van der Waals surface area contributed by atoms with Crippen molar-refractivity contribution in [3.05, 3.63) is 154 Å². The van der Waals surface area contributed by atoms with E-state index in [1.807, 2.05) is 85.7 Å². The number of carboxylic acids is 1. The Morgan fingerprint density at radius 2 is 1.02 bits per heavy atom. The summed E-state index contributed by atoms with van der Waals surface area (Å²) in [5.74, 6) is -2.08. The summed E-state index contributed by atoms with van der Waals surface area (Å²) in [6, 6.07) is 35.3. The van der Waals surface area contributed by atoms with Gasteiger partial charge in [0.15, 0.2) is 0 Å². The lowest BCUT2D eigenvalue weighted by Crippen LogP contribution is -2.32. The van der Waals surface area contributed by atoms with Gasteiger partial charge in [0.25, 0.3) is 17.7 Å². The summed E-state index contributed by atoms with van der Waals surface area (Å²) in [5.41, 5.74) is 1.94. The number of fused-ring (bicyclic) bond motifs is 2. The lowest BCUT2D eigenvalue weighted by molar-refractivity contribution is 0.0697. The monoisotopic (exact) mass is 720 g/mol. The van der Waals surface area contributed by atoms with Gasteiger partial charge in [0.2, 0.25) is 0 Å². The number of carbonyl (C=O) groups excluding carboxylic acids is 3. The number of nitrogens with zero attached hydrogens (tertiary/aromatic N) is 1. The van der Waals surface area contributed by atoms with Crippen LogP contribution in [0, 0.1) is 0 Å². The molecule has 0 aromatic heterocycles. The zero-order valence-corrected chi connectivity index (χ0v) is 29.3. The molecule has 3 amide bonds. The number of anilines is 2. The minimum Gasteiger partial charge on any atom is -0.478 e. The van der Waals surface area contributed by atoms with Crippen molar-refractivity contribution in [2.75, 3.05) is 37.8 Å². The second kappa shape index (κ2) is 16.8. The smallest absolute Gasteiger partial charge is 0.337 e. The van der Waals surface area contributed by atoms with Crippen molar-refractivity contribution >= 4 is 79.8 Å². The van der Waals surface area contributed by atoms with Gasteiger partial charge in [0.05, 0.1) is 22.5 Å². The van der Waals surface area contributed by atoms with Gasteiger partial charge in [-0.25, -0.2) is 4.79 Å². The zero-order valence-electron chi connectivity index (χ0n) is 27.7. The third-order valence-corrected chi connectivity index (χ3v) is 8.32. The van der Waals surface area contributed by atoms with Gasteiger partial charge in [-0.2, -0.15) is 0 Å². The van der Waals surface area contributed by atoms with Gasteiger partial charge in [0, 0.05) is 34.3 Å². The van der Waals surface area contributed by atoms with Gasteiger partial charge in [-0.1, -0.05) is 96.0 Å². The first kappa shape index (κ1) is 36.5. The van der Waals surface area contributed by atoms with E-state index < -0.39 is 5.97 Å². The number of carbonyl (C=O) groups is 4. The van der Waals surface area contributed by atoms with E-state index in [0.717, 1.165) is 21.5 Å². The number of amides is 3. The molecule has 258 valence electrons. The van der Waals surface area contributed by atoms with Crippen LogP contribution in [-0.4, -0.2) is 60.9 Å². The van der Waals surface area contributed by atoms with Crippen LogP contribution >= 0.6 is 23.2 Å². The largest absolute Gasteiger partial charge is 0.478 e. The Morgan fingerprint density at radius 1 is 0.569 bits per heavy atom. The number of halogens is 2. The number of hydrogen-bond acceptors (Lipinski definition) is 5. The second-order valence-electron chi connectivity index (χ2n) is 11.7. The summed E-state index contributed by atoms with van der Waals surface area (Å²) >= 11 is 11.9. The predicted molar refractivity (Wildman–Crippen MR) is 205 cm³/mol. The van der Waals surface area contributed by atoms with Crippen LogP contribution in [0.15, 0.2) is 121 Å². The molecule has 0 atom stereocenters. The van der Waals surface area contributed by atoms with E-state index in [2.05, 4.69) is 16.0 Å². The summed E-state index contributed by atoms with van der Waals surface area (Å²) in [5, 5.41) is 21.9. The quantitative estimate of drug-likeness (QED) is 0.119. The average molecular weight is 722 g/mol. The number of benzene rings is 6. The number of rotatable bonds is 9. The summed E-state index contributed by atoms with van der Waals surface area (Å²) in [7, 11) is 3.86. The molecule has 0 bridgehead atoms. The van der Waals surface area contributed by atoms with Gasteiger partial charge in [-0.15, -0.1) is 0 Å². The Hall–Kier alpha value is -5.74. The summed E-state index contributed by atoms with van der Waals surface area (Å²) in [4.78, 5) is 51.3. The molecule has 51 heavy (non-hydrogen) atoms. The molecule has 6 aromatic rings. The molecule has 0 spiro atoms. The van der Waals surface area contributed by atoms with E-state index >= 15 is 0 Å². The molecule has 0 unspecified atom stereocenters. The predicted octanol–water partition coefficient (Wildman–Crippen LogP) is 8.48. The summed E-state index contributed by atoms with van der Waals surface area (Å²) in [6.45, 7) is 1.21. The van der Waals surface area contributed by atoms with Crippen LogP contribution < -0.4 is 16.0 Å². The minimum atomic E-state index is -1.15. The first-order chi connectivity index (χ1) is 24.5. The topological polar surface area (TPSA) is 128 Å². The van der Waals surface area contributed by atoms with Crippen molar-refractivity contribution in [1.82, 2.24) is 10.2 Å². The third kappa shape index (κ3) is 9.29. The highest BCUT2D eigenvalue weighted by atomic mass is 35.5. The molecule has 6 rings (SSSR count). The van der Waals surface area contributed by atoms with E-state index in [9.17, 15) is 24.3 Å². The van der Waals surface area contributed by atoms with Crippen molar-refractivity contribution in [2.24, 2.45) is 0 Å². The highest BCUT2D eigenvalue weighted by Gasteiger charge is 2.18. The molecular weight excluding hydrogens is 687 g/mol. The summed E-state index contributed by atoms with van der Waals surface area (Å²) in [6.07, 6.45) is 0. The average Bonchev–Trinajstić information content (AvgIpc) is 3.12. The van der Waals surface area contributed by atoms with Gasteiger partial charge in [-0.05, 0) is 84.2 Å². The Balaban J connectivity index is 0.000000201. The highest BCUT2D eigenvalue weighted by Crippen LogP contribution is 2.25. The molecular formula is C40H34Cl2N4O5. The normalized spacial score (nSPS) is 10.7. The fourth-order valence-corrected chi connectivity index (χ4v) is 5.67. The van der Waals surface area contributed by atoms with E-state index in [1.54, 1.807) is 36.4 Å². The van der Waals surface area contributed by atoms with Crippen molar-refractivity contribution in [3.63, 3.8) is 0 Å². The number of aromatic carboxylic acids is 1. The maximum absolute atomic E-state index is 12.9. The summed E-state index contributed by atoms with van der Waals surface area (Å²) < 4.78 is 0. The van der Waals surface area contributed by atoms with E-state index in [-0.39, 0.29) is 29.0 Å². The van der Waals surface area contributed by atoms with E-state index in [1.165, 1.54) is 18.2 Å². The van der Waals surface area contributed by atoms with Crippen molar-refractivity contribution in [2.45, 2.75) is 0 Å². The maximum Gasteiger partial charge on any atom is 0.337 e. The lowest BCUT2D eigenvalue weighted by Gasteiger charge is -2.14. The molecule has 4 N–H and O–H groups in total. The molecule has 0 aliphatic carbocycles. The van der Waals surface area contributed by atoms with Gasteiger partial charge in [-0.3, -0.25) is 14.4 Å². The van der Waals surface area contributed by atoms with E-state index in [0.29, 0.717) is 45.5 Å². The molecule has 0 fully saturated rings. The maximum atomic E-state index is 12.9. The minimum absolute atomic E-state index is 0.0499. The lowest BCUT2D eigenvalue weighted by atomic mass is 10.0. The van der Waals surface area contributed by atoms with Crippen LogP contribution in [0.2, 0.25) is 10.0 Å². The molecule has 0 saturated carbocycles. The molecule has 11 heteroatoms. The Bertz CT molecular complexity index is 2250. The number of nitrogens with one attached hydrogen (secondary N) is 3. The van der Waals surface area contributed by atoms with Crippen molar-refractivity contribution < 1.29 is 24.3 Å².